The van der Waals surface area contributed by atoms with E-state index in [-0.39, 0.29) is 18.3 Å². The molecule has 2 heterocycles. The van der Waals surface area contributed by atoms with Gasteiger partial charge in [0.05, 0.1) is 19.2 Å². The number of fused-ring (bicyclic) bond motifs is 1. The number of amides is 2. The van der Waals surface area contributed by atoms with Crippen molar-refractivity contribution in [3.63, 3.8) is 0 Å². The fourth-order valence-electron chi connectivity index (χ4n) is 2.97. The second kappa shape index (κ2) is 7.32. The minimum absolute atomic E-state index is 0.0562. The number of rotatable bonds is 4. The third kappa shape index (κ3) is 3.41. The van der Waals surface area contributed by atoms with Gasteiger partial charge in [-0.05, 0) is 18.2 Å². The molecule has 8 nitrogen and oxygen atoms in total. The molecule has 0 fully saturated rings. The standard InChI is InChI=1S/C19H16ClN5O3/c1-28-15-8-7-12(20)9-13(15)21-18(27)14-10-16(26)22-19-23-17(24-25(14)19)11-5-3-2-4-6-11/h2-9,14H,10H2,1H3,(H,21,27)(H,22,23,24,26). The lowest BCUT2D eigenvalue weighted by Gasteiger charge is -2.22. The van der Waals surface area contributed by atoms with Gasteiger partial charge in [0.2, 0.25) is 17.8 Å². The first-order valence-corrected chi connectivity index (χ1v) is 8.89. The number of hydrogen-bond donors (Lipinski definition) is 2. The van der Waals surface area contributed by atoms with Crippen LogP contribution in [0.1, 0.15) is 12.5 Å². The molecule has 1 atom stereocenters. The van der Waals surface area contributed by atoms with Crippen molar-refractivity contribution in [3.8, 4) is 17.1 Å². The van der Waals surface area contributed by atoms with Crippen molar-refractivity contribution in [2.75, 3.05) is 17.7 Å². The molecule has 28 heavy (non-hydrogen) atoms. The molecule has 2 aromatic carbocycles. The zero-order valence-corrected chi connectivity index (χ0v) is 15.6. The van der Waals surface area contributed by atoms with Crippen LogP contribution in [0.15, 0.2) is 48.5 Å². The van der Waals surface area contributed by atoms with Crippen LogP contribution in [0.25, 0.3) is 11.4 Å². The quantitative estimate of drug-likeness (QED) is 0.704. The average Bonchev–Trinajstić information content (AvgIpc) is 3.12. The average molecular weight is 398 g/mol. The van der Waals surface area contributed by atoms with Gasteiger partial charge >= 0.3 is 0 Å². The van der Waals surface area contributed by atoms with E-state index in [2.05, 4.69) is 20.7 Å². The Bertz CT molecular complexity index is 1050. The smallest absolute Gasteiger partial charge is 0.250 e. The largest absolute Gasteiger partial charge is 0.495 e. The van der Waals surface area contributed by atoms with Crippen molar-refractivity contribution in [1.29, 1.82) is 0 Å². The number of methoxy groups -OCH3 is 1. The fourth-order valence-corrected chi connectivity index (χ4v) is 3.14. The summed E-state index contributed by atoms with van der Waals surface area (Å²) in [6, 6.07) is 13.4. The van der Waals surface area contributed by atoms with E-state index in [1.165, 1.54) is 11.8 Å². The maximum absolute atomic E-state index is 12.9. The lowest BCUT2D eigenvalue weighted by Crippen LogP contribution is -2.36. The number of benzene rings is 2. The minimum atomic E-state index is -0.850. The molecule has 0 saturated carbocycles. The Morgan fingerprint density at radius 2 is 2.07 bits per heavy atom. The second-order valence-corrected chi connectivity index (χ2v) is 6.61. The number of halogens is 1. The van der Waals surface area contributed by atoms with E-state index in [4.69, 9.17) is 16.3 Å². The van der Waals surface area contributed by atoms with Crippen LogP contribution < -0.4 is 15.4 Å². The molecule has 0 radical (unpaired) electrons. The number of carbonyl (C=O) groups is 2. The van der Waals surface area contributed by atoms with Crippen molar-refractivity contribution < 1.29 is 14.3 Å². The van der Waals surface area contributed by atoms with Crippen LogP contribution in [0.3, 0.4) is 0 Å². The van der Waals surface area contributed by atoms with Crippen molar-refractivity contribution >= 4 is 35.1 Å². The molecule has 1 aliphatic heterocycles. The zero-order chi connectivity index (χ0) is 19.7. The van der Waals surface area contributed by atoms with Gasteiger partial charge in [-0.3, -0.25) is 14.9 Å². The number of anilines is 2. The Labute approximate surface area is 165 Å². The Hall–Kier alpha value is -3.39. The Kier molecular flexibility index (Phi) is 4.70. The summed E-state index contributed by atoms with van der Waals surface area (Å²) >= 11 is 6.02. The molecule has 2 amide bonds. The molecule has 9 heteroatoms. The van der Waals surface area contributed by atoms with Crippen molar-refractivity contribution in [2.45, 2.75) is 12.5 Å². The molecule has 4 rings (SSSR count). The Balaban J connectivity index is 1.66. The second-order valence-electron chi connectivity index (χ2n) is 6.17. The maximum Gasteiger partial charge on any atom is 0.250 e. The molecular formula is C19H16ClN5O3. The Morgan fingerprint density at radius 3 is 2.82 bits per heavy atom. The number of ether oxygens (including phenoxy) is 1. The summed E-state index contributed by atoms with van der Waals surface area (Å²) in [5, 5.41) is 10.3. The summed E-state index contributed by atoms with van der Waals surface area (Å²) in [4.78, 5) is 29.4. The van der Waals surface area contributed by atoms with Crippen molar-refractivity contribution in [2.24, 2.45) is 0 Å². The number of aromatic nitrogens is 3. The molecule has 142 valence electrons. The fraction of sp³-hybridized carbons (Fsp3) is 0.158. The first kappa shape index (κ1) is 18.0. The van der Waals surface area contributed by atoms with Crippen LogP contribution >= 0.6 is 11.6 Å². The molecule has 3 aromatic rings. The Morgan fingerprint density at radius 1 is 1.29 bits per heavy atom. The van der Waals surface area contributed by atoms with Crippen molar-refractivity contribution in [3.05, 3.63) is 53.6 Å². The van der Waals surface area contributed by atoms with E-state index in [0.29, 0.717) is 22.3 Å². The molecule has 1 unspecified atom stereocenters. The van der Waals surface area contributed by atoms with Gasteiger partial charge in [-0.15, -0.1) is 5.10 Å². The molecule has 0 aliphatic carbocycles. The lowest BCUT2D eigenvalue weighted by molar-refractivity contribution is -0.125. The van der Waals surface area contributed by atoms with E-state index in [9.17, 15) is 9.59 Å². The first-order chi connectivity index (χ1) is 13.5. The summed E-state index contributed by atoms with van der Waals surface area (Å²) in [6.45, 7) is 0. The summed E-state index contributed by atoms with van der Waals surface area (Å²) in [5.41, 5.74) is 1.20. The SMILES string of the molecule is COc1ccc(Cl)cc1NC(=O)C1CC(=O)Nc2nc(-c3ccccc3)nn21. The summed E-state index contributed by atoms with van der Waals surface area (Å²) in [7, 11) is 1.49. The van der Waals surface area contributed by atoms with Crippen molar-refractivity contribution in [1.82, 2.24) is 14.8 Å². The van der Waals surface area contributed by atoms with Crippen LogP contribution in [0.4, 0.5) is 11.6 Å². The van der Waals surface area contributed by atoms with Gasteiger partial charge in [-0.1, -0.05) is 41.9 Å². The van der Waals surface area contributed by atoms with Gasteiger partial charge in [-0.25, -0.2) is 4.68 Å². The van der Waals surface area contributed by atoms with Crippen LogP contribution in [0, 0.1) is 0 Å². The molecule has 0 bridgehead atoms. The maximum atomic E-state index is 12.9. The van der Waals surface area contributed by atoms with E-state index in [0.717, 1.165) is 5.56 Å². The molecule has 1 aromatic heterocycles. The summed E-state index contributed by atoms with van der Waals surface area (Å²) in [5.74, 6) is 0.393. The van der Waals surface area contributed by atoms with Gasteiger partial charge in [0.15, 0.2) is 5.82 Å². The van der Waals surface area contributed by atoms with E-state index in [1.807, 2.05) is 30.3 Å². The van der Waals surface area contributed by atoms with Crippen LogP contribution in [0.5, 0.6) is 5.75 Å². The molecule has 0 saturated heterocycles. The van der Waals surface area contributed by atoms with Gasteiger partial charge in [0.1, 0.15) is 11.8 Å². The van der Waals surface area contributed by atoms with Gasteiger partial charge in [0.25, 0.3) is 0 Å². The number of nitrogens with one attached hydrogen (secondary N) is 2. The highest BCUT2D eigenvalue weighted by molar-refractivity contribution is 6.31. The topological polar surface area (TPSA) is 98.1 Å². The van der Waals surface area contributed by atoms with E-state index in [1.54, 1.807) is 18.2 Å². The van der Waals surface area contributed by atoms with Gasteiger partial charge in [0, 0.05) is 10.6 Å². The molecule has 0 spiro atoms. The predicted octanol–water partition coefficient (Wildman–Crippen LogP) is 3.13. The number of carbonyl (C=O) groups excluding carboxylic acids is 2. The third-order valence-electron chi connectivity index (χ3n) is 4.31. The zero-order valence-electron chi connectivity index (χ0n) is 14.8. The minimum Gasteiger partial charge on any atom is -0.495 e. The molecule has 1 aliphatic rings. The normalized spacial score (nSPS) is 15.5. The van der Waals surface area contributed by atoms with E-state index < -0.39 is 11.9 Å². The highest BCUT2D eigenvalue weighted by atomic mass is 35.5. The highest BCUT2D eigenvalue weighted by Gasteiger charge is 2.33. The third-order valence-corrected chi connectivity index (χ3v) is 4.55. The van der Waals surface area contributed by atoms with Gasteiger partial charge in [-0.2, -0.15) is 4.98 Å². The molecule has 2 N–H and O–H groups in total. The predicted molar refractivity (Wildman–Crippen MR) is 104 cm³/mol. The van der Waals surface area contributed by atoms with Gasteiger partial charge < -0.3 is 10.1 Å². The lowest BCUT2D eigenvalue weighted by atomic mass is 10.1. The number of hydrogen-bond acceptors (Lipinski definition) is 5. The monoisotopic (exact) mass is 397 g/mol. The number of nitrogens with zero attached hydrogens (tertiary/aromatic N) is 3. The van der Waals surface area contributed by atoms with Crippen LogP contribution in [-0.2, 0) is 9.59 Å². The molecular weight excluding hydrogens is 382 g/mol. The summed E-state index contributed by atoms with van der Waals surface area (Å²) < 4.78 is 6.68. The summed E-state index contributed by atoms with van der Waals surface area (Å²) in [6.07, 6.45) is -0.0562. The highest BCUT2D eigenvalue weighted by Crippen LogP contribution is 2.31. The van der Waals surface area contributed by atoms with Crippen LogP contribution in [0.2, 0.25) is 5.02 Å². The first-order valence-electron chi connectivity index (χ1n) is 8.51. The van der Waals surface area contributed by atoms with E-state index >= 15 is 0 Å². The van der Waals surface area contributed by atoms with Crippen LogP contribution in [-0.4, -0.2) is 33.7 Å².